The number of rotatable bonds is 9. The van der Waals surface area contributed by atoms with Gasteiger partial charge < -0.3 is 14.9 Å². The van der Waals surface area contributed by atoms with Crippen LogP contribution in [0.25, 0.3) is 11.3 Å². The van der Waals surface area contributed by atoms with Gasteiger partial charge in [0.15, 0.2) is 5.78 Å². The van der Waals surface area contributed by atoms with Crippen LogP contribution in [0, 0.1) is 6.92 Å². The quantitative estimate of drug-likeness (QED) is 0.194. The third kappa shape index (κ3) is 6.67. The summed E-state index contributed by atoms with van der Waals surface area (Å²) in [5.41, 5.74) is 5.93. The van der Waals surface area contributed by atoms with E-state index in [1.165, 1.54) is 23.8 Å². The molecule has 1 aromatic heterocycles. The predicted octanol–water partition coefficient (Wildman–Crippen LogP) is 5.95. The number of ketones is 1. The Kier molecular flexibility index (Phi) is 8.75. The number of Topliss-reactive ketones (excluding diaryl/α,β-unsaturated/α-hetero) is 1. The van der Waals surface area contributed by atoms with E-state index in [0.717, 1.165) is 60.8 Å². The molecule has 40 heavy (non-hydrogen) atoms. The highest BCUT2D eigenvalue weighted by atomic mass is 35.5. The number of nitrogens with zero attached hydrogens (tertiary/aromatic N) is 3. The molecular formula is C32H32ClN3O4. The normalized spacial score (nSPS) is 14.7. The number of phenols is 2. The Bertz CT molecular complexity index is 1490. The van der Waals surface area contributed by atoms with E-state index < -0.39 is 5.92 Å². The molecule has 4 aromatic rings. The summed E-state index contributed by atoms with van der Waals surface area (Å²) in [5, 5.41) is 20.4. The predicted molar refractivity (Wildman–Crippen MR) is 155 cm³/mol. The van der Waals surface area contributed by atoms with Crippen LogP contribution in [0.4, 0.5) is 0 Å². The van der Waals surface area contributed by atoms with E-state index >= 15 is 0 Å². The van der Waals surface area contributed by atoms with E-state index in [1.54, 1.807) is 6.20 Å². The molecule has 2 N–H and O–H groups in total. The molecule has 0 aliphatic carbocycles. The molecule has 1 aliphatic rings. The first-order chi connectivity index (χ1) is 19.4. The fourth-order valence-electron chi connectivity index (χ4n) is 5.16. The fraction of sp³-hybridized carbons (Fsp3) is 0.281. The van der Waals surface area contributed by atoms with Gasteiger partial charge in [-0.25, -0.2) is 9.97 Å². The van der Waals surface area contributed by atoms with E-state index in [0.29, 0.717) is 12.8 Å². The van der Waals surface area contributed by atoms with Crippen molar-refractivity contribution in [2.45, 2.75) is 32.2 Å². The van der Waals surface area contributed by atoms with Gasteiger partial charge >= 0.3 is 0 Å². The Hall–Kier alpha value is -3.78. The summed E-state index contributed by atoms with van der Waals surface area (Å²) in [6.07, 6.45) is 2.93. The Labute approximate surface area is 239 Å². The zero-order valence-corrected chi connectivity index (χ0v) is 23.1. The van der Waals surface area contributed by atoms with Crippen LogP contribution >= 0.6 is 11.6 Å². The van der Waals surface area contributed by atoms with Crippen molar-refractivity contribution >= 4 is 17.4 Å². The molecule has 1 saturated heterocycles. The van der Waals surface area contributed by atoms with Crippen LogP contribution in [-0.4, -0.2) is 57.2 Å². The van der Waals surface area contributed by atoms with Crippen LogP contribution in [0.15, 0.2) is 72.9 Å². The minimum atomic E-state index is -0.498. The van der Waals surface area contributed by atoms with Crippen LogP contribution in [-0.2, 0) is 17.7 Å². The molecule has 1 atom stereocenters. The van der Waals surface area contributed by atoms with Crippen molar-refractivity contribution in [1.29, 1.82) is 0 Å². The monoisotopic (exact) mass is 557 g/mol. The van der Waals surface area contributed by atoms with E-state index in [2.05, 4.69) is 39.1 Å². The third-order valence-electron chi connectivity index (χ3n) is 7.32. The van der Waals surface area contributed by atoms with Crippen molar-refractivity contribution in [3.8, 4) is 22.8 Å². The number of morpholine rings is 1. The van der Waals surface area contributed by atoms with Crippen LogP contribution in [0.2, 0.25) is 5.28 Å². The molecule has 1 fully saturated rings. The molecule has 0 radical (unpaired) electrons. The molecule has 0 saturated carbocycles. The van der Waals surface area contributed by atoms with E-state index in [-0.39, 0.29) is 28.1 Å². The number of hydrogen-bond donors (Lipinski definition) is 2. The van der Waals surface area contributed by atoms with Gasteiger partial charge in [0.1, 0.15) is 11.5 Å². The lowest BCUT2D eigenvalue weighted by molar-refractivity contribution is 0.0342. The van der Waals surface area contributed by atoms with Gasteiger partial charge in [-0.3, -0.25) is 9.69 Å². The average molecular weight is 558 g/mol. The van der Waals surface area contributed by atoms with Gasteiger partial charge in [-0.1, -0.05) is 48.5 Å². The Morgan fingerprint density at radius 2 is 1.77 bits per heavy atom. The molecular weight excluding hydrogens is 526 g/mol. The number of phenolic OH excluding ortho intramolecular Hbond substituents is 2. The molecule has 0 amide bonds. The second-order valence-electron chi connectivity index (χ2n) is 10.2. The number of carbonyl (C=O) groups excluding carboxylic acids is 1. The Morgan fingerprint density at radius 1 is 1.02 bits per heavy atom. The molecule has 2 heterocycles. The Balaban J connectivity index is 1.40. The zero-order chi connectivity index (χ0) is 28.1. The maximum Gasteiger partial charge on any atom is 0.222 e. The number of halogens is 1. The van der Waals surface area contributed by atoms with Gasteiger partial charge in [0.05, 0.1) is 24.5 Å². The maximum atomic E-state index is 13.8. The molecule has 1 aliphatic heterocycles. The fourth-order valence-corrected chi connectivity index (χ4v) is 5.30. The number of aromatic hydroxyl groups is 2. The van der Waals surface area contributed by atoms with Crippen molar-refractivity contribution in [1.82, 2.24) is 14.9 Å². The summed E-state index contributed by atoms with van der Waals surface area (Å²) in [5.74, 6) is -1.02. The van der Waals surface area contributed by atoms with Gasteiger partial charge in [-0.15, -0.1) is 0 Å². The Morgan fingerprint density at radius 3 is 2.52 bits per heavy atom. The molecule has 3 aromatic carbocycles. The van der Waals surface area contributed by atoms with Crippen molar-refractivity contribution in [3.05, 3.63) is 106 Å². The second kappa shape index (κ2) is 12.6. The lowest BCUT2D eigenvalue weighted by Crippen LogP contribution is -2.35. The van der Waals surface area contributed by atoms with Crippen LogP contribution in [0.5, 0.6) is 11.5 Å². The number of hydrogen-bond acceptors (Lipinski definition) is 7. The minimum absolute atomic E-state index is 0.0917. The smallest absolute Gasteiger partial charge is 0.222 e. The molecule has 7 nitrogen and oxygen atoms in total. The standard InChI is InChI=1S/C32H32ClN3O4/c1-21-19-34-32(33)35-30(21)25-8-6-24(7-9-25)27(31(39)28-12-10-26(37)18-29(28)38)11-5-22-3-2-4-23(17-22)20-36-13-15-40-16-14-36/h2-4,6-10,12,17-19,27,37-38H,5,11,13-16,20H2,1H3. The maximum absolute atomic E-state index is 13.8. The van der Waals surface area contributed by atoms with Gasteiger partial charge in [0, 0.05) is 43.4 Å². The molecule has 5 rings (SSSR count). The number of aromatic nitrogens is 2. The van der Waals surface area contributed by atoms with Crippen molar-refractivity contribution in [2.75, 3.05) is 26.3 Å². The molecule has 8 heteroatoms. The largest absolute Gasteiger partial charge is 0.508 e. The van der Waals surface area contributed by atoms with Gasteiger partial charge in [-0.05, 0) is 65.8 Å². The summed E-state index contributed by atoms with van der Waals surface area (Å²) < 4.78 is 5.47. The summed E-state index contributed by atoms with van der Waals surface area (Å²) >= 11 is 6.03. The van der Waals surface area contributed by atoms with Crippen LogP contribution in [0.3, 0.4) is 0 Å². The first-order valence-corrected chi connectivity index (χ1v) is 13.8. The van der Waals surface area contributed by atoms with Crippen molar-refractivity contribution < 1.29 is 19.7 Å². The lowest BCUT2D eigenvalue weighted by atomic mass is 9.85. The van der Waals surface area contributed by atoms with E-state index in [9.17, 15) is 15.0 Å². The van der Waals surface area contributed by atoms with Crippen LogP contribution < -0.4 is 0 Å². The van der Waals surface area contributed by atoms with E-state index in [4.69, 9.17) is 16.3 Å². The first kappa shape index (κ1) is 27.8. The number of ether oxygens (including phenoxy) is 1. The van der Waals surface area contributed by atoms with Gasteiger partial charge in [0.2, 0.25) is 5.28 Å². The number of benzene rings is 3. The minimum Gasteiger partial charge on any atom is -0.508 e. The summed E-state index contributed by atoms with van der Waals surface area (Å²) in [4.78, 5) is 24.6. The second-order valence-corrected chi connectivity index (χ2v) is 10.5. The average Bonchev–Trinajstić information content (AvgIpc) is 2.95. The van der Waals surface area contributed by atoms with Gasteiger partial charge in [-0.2, -0.15) is 0 Å². The summed E-state index contributed by atoms with van der Waals surface area (Å²) in [6.45, 7) is 6.16. The molecule has 0 bridgehead atoms. The number of aryl methyl sites for hydroxylation is 2. The SMILES string of the molecule is Cc1cnc(Cl)nc1-c1ccc(C(CCc2cccc(CN3CCOCC3)c2)C(=O)c2ccc(O)cc2O)cc1. The summed E-state index contributed by atoms with van der Waals surface area (Å²) in [6, 6.07) is 20.3. The van der Waals surface area contributed by atoms with E-state index in [1.807, 2.05) is 31.2 Å². The number of carbonyl (C=O) groups is 1. The lowest BCUT2D eigenvalue weighted by Gasteiger charge is -2.26. The highest BCUT2D eigenvalue weighted by molar-refractivity contribution is 6.28. The molecule has 206 valence electrons. The molecule has 1 unspecified atom stereocenters. The van der Waals surface area contributed by atoms with Crippen molar-refractivity contribution in [2.24, 2.45) is 0 Å². The topological polar surface area (TPSA) is 95.8 Å². The highest BCUT2D eigenvalue weighted by Gasteiger charge is 2.25. The van der Waals surface area contributed by atoms with Crippen molar-refractivity contribution in [3.63, 3.8) is 0 Å². The van der Waals surface area contributed by atoms with Crippen LogP contribution in [0.1, 0.15) is 45.0 Å². The zero-order valence-electron chi connectivity index (χ0n) is 22.4. The highest BCUT2D eigenvalue weighted by Crippen LogP contribution is 2.33. The molecule has 0 spiro atoms. The first-order valence-electron chi connectivity index (χ1n) is 13.4. The summed E-state index contributed by atoms with van der Waals surface area (Å²) in [7, 11) is 0. The third-order valence-corrected chi connectivity index (χ3v) is 7.50. The van der Waals surface area contributed by atoms with Gasteiger partial charge in [0.25, 0.3) is 0 Å².